The molecule has 3 rings (SSSR count). The number of fused-ring (bicyclic) bond motifs is 1. The maximum Gasteiger partial charge on any atom is 0.323 e. The molecule has 39 heavy (non-hydrogen) atoms. The molecule has 1 aliphatic rings. The number of unbranched alkanes of at least 4 members (excludes halogenated alkanes) is 1. The quantitative estimate of drug-likeness (QED) is 0.470. The van der Waals surface area contributed by atoms with Crippen LogP contribution in [0.2, 0.25) is 0 Å². The molecular formula is C26H35N5O6S2. The summed E-state index contributed by atoms with van der Waals surface area (Å²) in [5, 5.41) is 5.34. The SMILES string of the molecule is CCCCN(CC)S(=O)(=O)c1ccc(C(=O)Nc2sc3c(c2C(=O)NC(=O)N(C)C)CCN(C(C)=O)C3)cc1. The zero-order chi connectivity index (χ0) is 28.9. The molecule has 1 aromatic heterocycles. The van der Waals surface area contributed by atoms with E-state index in [1.807, 2.05) is 6.92 Å². The number of benzene rings is 1. The van der Waals surface area contributed by atoms with Gasteiger partial charge in [0.1, 0.15) is 5.00 Å². The molecule has 1 aromatic carbocycles. The third kappa shape index (κ3) is 6.84. The Balaban J connectivity index is 1.89. The predicted molar refractivity (Wildman–Crippen MR) is 149 cm³/mol. The molecule has 212 valence electrons. The summed E-state index contributed by atoms with van der Waals surface area (Å²) in [4.78, 5) is 54.1. The fourth-order valence-corrected chi connectivity index (χ4v) is 6.90. The van der Waals surface area contributed by atoms with Crippen molar-refractivity contribution in [3.8, 4) is 0 Å². The molecular weight excluding hydrogens is 542 g/mol. The van der Waals surface area contributed by atoms with Gasteiger partial charge in [-0.15, -0.1) is 11.3 Å². The summed E-state index contributed by atoms with van der Waals surface area (Å²) in [5.41, 5.74) is 1.08. The molecule has 13 heteroatoms. The first kappa shape index (κ1) is 30.3. The average Bonchev–Trinajstić information content (AvgIpc) is 3.25. The van der Waals surface area contributed by atoms with Crippen LogP contribution < -0.4 is 10.6 Å². The molecule has 0 fully saturated rings. The minimum absolute atomic E-state index is 0.0928. The predicted octanol–water partition coefficient (Wildman–Crippen LogP) is 3.13. The molecule has 0 saturated heterocycles. The fourth-order valence-electron chi connectivity index (χ4n) is 4.16. The van der Waals surface area contributed by atoms with E-state index in [1.54, 1.807) is 11.8 Å². The van der Waals surface area contributed by atoms with Crippen LogP contribution in [-0.4, -0.2) is 80.0 Å². The molecule has 2 aromatic rings. The van der Waals surface area contributed by atoms with E-state index in [0.717, 1.165) is 17.7 Å². The Bertz CT molecular complexity index is 1350. The lowest BCUT2D eigenvalue weighted by atomic mass is 10.0. The zero-order valence-electron chi connectivity index (χ0n) is 22.9. The number of nitrogens with zero attached hydrogens (tertiary/aromatic N) is 3. The van der Waals surface area contributed by atoms with Crippen LogP contribution in [0.4, 0.5) is 9.80 Å². The van der Waals surface area contributed by atoms with Gasteiger partial charge < -0.3 is 15.1 Å². The van der Waals surface area contributed by atoms with Crippen LogP contribution in [0.15, 0.2) is 29.2 Å². The van der Waals surface area contributed by atoms with E-state index in [2.05, 4.69) is 10.6 Å². The van der Waals surface area contributed by atoms with Crippen LogP contribution in [0.1, 0.15) is 64.8 Å². The van der Waals surface area contributed by atoms with Crippen molar-refractivity contribution in [2.24, 2.45) is 0 Å². The van der Waals surface area contributed by atoms with E-state index in [1.165, 1.54) is 65.8 Å². The minimum Gasteiger partial charge on any atom is -0.337 e. The number of hydrogen-bond donors (Lipinski definition) is 2. The lowest BCUT2D eigenvalue weighted by molar-refractivity contribution is -0.129. The monoisotopic (exact) mass is 577 g/mol. The summed E-state index contributed by atoms with van der Waals surface area (Å²) < 4.78 is 27.4. The van der Waals surface area contributed by atoms with Crippen molar-refractivity contribution in [2.75, 3.05) is 39.0 Å². The van der Waals surface area contributed by atoms with Crippen molar-refractivity contribution in [2.45, 2.75) is 51.5 Å². The number of carbonyl (C=O) groups excluding carboxylic acids is 4. The smallest absolute Gasteiger partial charge is 0.323 e. The highest BCUT2D eigenvalue weighted by atomic mass is 32.2. The van der Waals surface area contributed by atoms with Gasteiger partial charge in [0.2, 0.25) is 15.9 Å². The molecule has 0 radical (unpaired) electrons. The Hall–Kier alpha value is -3.29. The highest BCUT2D eigenvalue weighted by Gasteiger charge is 2.31. The highest BCUT2D eigenvalue weighted by Crippen LogP contribution is 2.37. The number of anilines is 1. The van der Waals surface area contributed by atoms with Gasteiger partial charge in [-0.1, -0.05) is 20.3 Å². The van der Waals surface area contributed by atoms with E-state index < -0.39 is 27.9 Å². The van der Waals surface area contributed by atoms with Gasteiger partial charge in [0.25, 0.3) is 11.8 Å². The van der Waals surface area contributed by atoms with Crippen molar-refractivity contribution in [1.29, 1.82) is 0 Å². The highest BCUT2D eigenvalue weighted by molar-refractivity contribution is 7.89. The van der Waals surface area contributed by atoms with Crippen LogP contribution in [0.3, 0.4) is 0 Å². The maximum atomic E-state index is 13.2. The molecule has 11 nitrogen and oxygen atoms in total. The standard InChI is InChI=1S/C26H35N5O6S2/c1-6-8-14-31(7-2)39(36,37)19-11-9-18(10-12-19)23(33)27-25-22(24(34)28-26(35)29(4)5)20-13-15-30(17(3)32)16-21(20)38-25/h9-12H,6-8,13-16H2,1-5H3,(H,27,33)(H,28,34,35). The van der Waals surface area contributed by atoms with Crippen LogP contribution in [0, 0.1) is 0 Å². The van der Waals surface area contributed by atoms with Gasteiger partial charge in [0.15, 0.2) is 0 Å². The number of imide groups is 1. The van der Waals surface area contributed by atoms with Gasteiger partial charge >= 0.3 is 6.03 Å². The molecule has 2 N–H and O–H groups in total. The topological polar surface area (TPSA) is 136 Å². The van der Waals surface area contributed by atoms with E-state index in [0.29, 0.717) is 38.2 Å². The second-order valence-corrected chi connectivity index (χ2v) is 12.4. The fraction of sp³-hybridized carbons (Fsp3) is 0.462. The van der Waals surface area contributed by atoms with Crippen LogP contribution in [0.5, 0.6) is 0 Å². The Kier molecular flexibility index (Phi) is 9.86. The molecule has 0 atom stereocenters. The zero-order valence-corrected chi connectivity index (χ0v) is 24.5. The number of hydrogen-bond acceptors (Lipinski definition) is 7. The van der Waals surface area contributed by atoms with Crippen molar-refractivity contribution in [1.82, 2.24) is 19.4 Å². The number of amides is 5. The number of carbonyl (C=O) groups is 4. The van der Waals surface area contributed by atoms with Crippen molar-refractivity contribution in [3.05, 3.63) is 45.8 Å². The number of thiophene rings is 1. The molecule has 0 bridgehead atoms. The van der Waals surface area contributed by atoms with Gasteiger partial charge in [-0.2, -0.15) is 4.31 Å². The second-order valence-electron chi connectivity index (χ2n) is 9.38. The average molecular weight is 578 g/mol. The van der Waals surface area contributed by atoms with Gasteiger partial charge in [0.05, 0.1) is 17.0 Å². The minimum atomic E-state index is -3.69. The molecule has 0 unspecified atom stereocenters. The van der Waals surface area contributed by atoms with E-state index >= 15 is 0 Å². The largest absolute Gasteiger partial charge is 0.337 e. The Morgan fingerprint density at radius 2 is 1.72 bits per heavy atom. The van der Waals surface area contributed by atoms with Gasteiger partial charge in [-0.05, 0) is 42.7 Å². The van der Waals surface area contributed by atoms with Crippen LogP contribution in [0.25, 0.3) is 0 Å². The normalized spacial score (nSPS) is 13.1. The molecule has 2 heterocycles. The van der Waals surface area contributed by atoms with E-state index in [4.69, 9.17) is 0 Å². The Morgan fingerprint density at radius 1 is 1.05 bits per heavy atom. The van der Waals surface area contributed by atoms with Crippen molar-refractivity contribution >= 4 is 50.1 Å². The molecule has 0 saturated carbocycles. The van der Waals surface area contributed by atoms with Gasteiger partial charge in [-0.3, -0.25) is 19.7 Å². The van der Waals surface area contributed by atoms with Gasteiger partial charge in [0, 0.05) is 51.1 Å². The number of sulfonamides is 1. The summed E-state index contributed by atoms with van der Waals surface area (Å²) in [6, 6.07) is 5.04. The van der Waals surface area contributed by atoms with Crippen molar-refractivity contribution < 1.29 is 27.6 Å². The number of urea groups is 1. The van der Waals surface area contributed by atoms with Crippen LogP contribution >= 0.6 is 11.3 Å². The Morgan fingerprint density at radius 3 is 2.28 bits per heavy atom. The Labute approximate surface area is 233 Å². The summed E-state index contributed by atoms with van der Waals surface area (Å²) >= 11 is 1.18. The third-order valence-electron chi connectivity index (χ3n) is 6.45. The lowest BCUT2D eigenvalue weighted by Crippen LogP contribution is -2.39. The number of nitrogens with one attached hydrogen (secondary N) is 2. The summed E-state index contributed by atoms with van der Waals surface area (Å²) in [6.45, 7) is 6.72. The summed E-state index contributed by atoms with van der Waals surface area (Å²) in [6.07, 6.45) is 2.02. The molecule has 1 aliphatic heterocycles. The first-order chi connectivity index (χ1) is 18.4. The van der Waals surface area contributed by atoms with Crippen LogP contribution in [-0.2, 0) is 27.8 Å². The van der Waals surface area contributed by atoms with E-state index in [9.17, 15) is 27.6 Å². The summed E-state index contributed by atoms with van der Waals surface area (Å²) in [5.74, 6) is -1.28. The lowest BCUT2D eigenvalue weighted by Gasteiger charge is -2.26. The van der Waals surface area contributed by atoms with Gasteiger partial charge in [-0.25, -0.2) is 13.2 Å². The first-order valence-corrected chi connectivity index (χ1v) is 15.0. The third-order valence-corrected chi connectivity index (χ3v) is 9.57. The van der Waals surface area contributed by atoms with E-state index in [-0.39, 0.29) is 26.9 Å². The molecule has 0 aliphatic carbocycles. The molecule has 5 amide bonds. The molecule has 0 spiro atoms. The number of rotatable bonds is 9. The second kappa shape index (κ2) is 12.7. The maximum absolute atomic E-state index is 13.2. The first-order valence-electron chi connectivity index (χ1n) is 12.7. The summed E-state index contributed by atoms with van der Waals surface area (Å²) in [7, 11) is -0.680. The van der Waals surface area contributed by atoms with Crippen molar-refractivity contribution in [3.63, 3.8) is 0 Å².